The summed E-state index contributed by atoms with van der Waals surface area (Å²) >= 11 is 0. The van der Waals surface area contributed by atoms with Crippen LogP contribution in [0.4, 0.5) is 0 Å². The summed E-state index contributed by atoms with van der Waals surface area (Å²) in [4.78, 5) is 11.2. The Labute approximate surface area is 68.8 Å². The van der Waals surface area contributed by atoms with E-state index in [1.54, 1.807) is 6.08 Å². The molecule has 0 aromatic carbocycles. The molecule has 0 radical (unpaired) electrons. The van der Waals surface area contributed by atoms with Gasteiger partial charge >= 0.3 is 0 Å². The Hall–Kier alpha value is -0.850. The summed E-state index contributed by atoms with van der Waals surface area (Å²) in [6.07, 6.45) is 4.17. The van der Waals surface area contributed by atoms with Crippen LogP contribution in [0.2, 0.25) is 0 Å². The van der Waals surface area contributed by atoms with Crippen molar-refractivity contribution in [1.29, 1.82) is 0 Å². The lowest BCUT2D eigenvalue weighted by Gasteiger charge is -2.00. The average molecular weight is 152 g/mol. The topological polar surface area (TPSA) is 17.1 Å². The third-order valence-corrected chi connectivity index (χ3v) is 1.57. The van der Waals surface area contributed by atoms with Crippen molar-refractivity contribution in [3.05, 3.63) is 24.3 Å². The highest BCUT2D eigenvalue weighted by molar-refractivity contribution is 5.83. The first kappa shape index (κ1) is 10.2. The average Bonchev–Trinajstić information content (AvgIpc) is 1.98. The van der Waals surface area contributed by atoms with Crippen LogP contribution in [0.3, 0.4) is 0 Å². The molecular formula is C10H16O. The highest BCUT2D eigenvalue weighted by Gasteiger charge is 2.05. The minimum atomic E-state index is -0.00870. The fraction of sp³-hybridized carbons (Fsp3) is 0.500. The van der Waals surface area contributed by atoms with Gasteiger partial charge in [-0.2, -0.15) is 0 Å². The van der Waals surface area contributed by atoms with Crippen molar-refractivity contribution in [3.8, 4) is 0 Å². The number of Topliss-reactive ketones (excluding diaryl/α,β-unsaturated/α-hetero) is 1. The van der Waals surface area contributed by atoms with Crippen LogP contribution in [-0.4, -0.2) is 5.78 Å². The van der Waals surface area contributed by atoms with Gasteiger partial charge in [0.05, 0.1) is 0 Å². The molecule has 0 saturated heterocycles. The van der Waals surface area contributed by atoms with E-state index >= 15 is 0 Å². The van der Waals surface area contributed by atoms with Gasteiger partial charge in [-0.05, 0) is 13.8 Å². The van der Waals surface area contributed by atoms with Crippen molar-refractivity contribution in [2.45, 2.75) is 27.2 Å². The van der Waals surface area contributed by atoms with E-state index in [1.807, 2.05) is 26.8 Å². The van der Waals surface area contributed by atoms with Gasteiger partial charge in [-0.3, -0.25) is 4.79 Å². The van der Waals surface area contributed by atoms with Crippen LogP contribution < -0.4 is 0 Å². The second kappa shape index (κ2) is 4.89. The SMILES string of the molecule is C=C[C@H](C)C(=O)CC=C(C)C. The Morgan fingerprint density at radius 3 is 2.45 bits per heavy atom. The Bertz CT molecular complexity index is 173. The van der Waals surface area contributed by atoms with E-state index in [-0.39, 0.29) is 11.7 Å². The van der Waals surface area contributed by atoms with Gasteiger partial charge in [0.25, 0.3) is 0 Å². The van der Waals surface area contributed by atoms with Crippen molar-refractivity contribution in [3.63, 3.8) is 0 Å². The zero-order valence-electron chi connectivity index (χ0n) is 7.55. The van der Waals surface area contributed by atoms with Crippen LogP contribution >= 0.6 is 0 Å². The summed E-state index contributed by atoms with van der Waals surface area (Å²) in [5.74, 6) is 0.229. The predicted octanol–water partition coefficient (Wildman–Crippen LogP) is 2.73. The number of allylic oxidation sites excluding steroid dienone is 3. The van der Waals surface area contributed by atoms with Gasteiger partial charge < -0.3 is 0 Å². The van der Waals surface area contributed by atoms with E-state index in [1.165, 1.54) is 5.57 Å². The van der Waals surface area contributed by atoms with E-state index in [2.05, 4.69) is 6.58 Å². The second-order valence-electron chi connectivity index (χ2n) is 2.98. The third-order valence-electron chi connectivity index (χ3n) is 1.57. The van der Waals surface area contributed by atoms with Crippen LogP contribution in [0.25, 0.3) is 0 Å². The molecule has 11 heavy (non-hydrogen) atoms. The van der Waals surface area contributed by atoms with E-state index in [4.69, 9.17) is 0 Å². The zero-order valence-corrected chi connectivity index (χ0v) is 7.55. The van der Waals surface area contributed by atoms with Crippen LogP contribution in [0, 0.1) is 5.92 Å². The minimum Gasteiger partial charge on any atom is -0.299 e. The molecule has 0 bridgehead atoms. The monoisotopic (exact) mass is 152 g/mol. The van der Waals surface area contributed by atoms with Gasteiger partial charge in [0.2, 0.25) is 0 Å². The fourth-order valence-corrected chi connectivity index (χ4v) is 0.622. The molecule has 0 unspecified atom stereocenters. The Morgan fingerprint density at radius 1 is 1.55 bits per heavy atom. The molecule has 0 amide bonds. The lowest BCUT2D eigenvalue weighted by molar-refractivity contribution is -0.120. The highest BCUT2D eigenvalue weighted by atomic mass is 16.1. The van der Waals surface area contributed by atoms with Crippen LogP contribution in [0.5, 0.6) is 0 Å². The number of hydrogen-bond acceptors (Lipinski definition) is 1. The molecule has 0 saturated carbocycles. The van der Waals surface area contributed by atoms with Crippen LogP contribution in [0.1, 0.15) is 27.2 Å². The summed E-state index contributed by atoms with van der Waals surface area (Å²) in [7, 11) is 0. The molecule has 1 atom stereocenters. The summed E-state index contributed by atoms with van der Waals surface area (Å²) < 4.78 is 0. The molecule has 0 rings (SSSR count). The number of ketones is 1. The number of carbonyl (C=O) groups is 1. The molecule has 1 nitrogen and oxygen atoms in total. The normalized spacial score (nSPS) is 11.9. The summed E-state index contributed by atoms with van der Waals surface area (Å²) in [6, 6.07) is 0. The number of carbonyl (C=O) groups excluding carboxylic acids is 1. The molecule has 0 heterocycles. The van der Waals surface area contributed by atoms with Gasteiger partial charge in [-0.1, -0.05) is 24.6 Å². The maximum atomic E-state index is 11.2. The summed E-state index contributed by atoms with van der Waals surface area (Å²) in [6.45, 7) is 9.42. The van der Waals surface area contributed by atoms with E-state index in [0.29, 0.717) is 6.42 Å². The lowest BCUT2D eigenvalue weighted by atomic mass is 10.0. The zero-order chi connectivity index (χ0) is 8.85. The van der Waals surface area contributed by atoms with Gasteiger partial charge in [0.15, 0.2) is 0 Å². The van der Waals surface area contributed by atoms with Crippen molar-refractivity contribution in [2.24, 2.45) is 5.92 Å². The first-order chi connectivity index (χ1) is 5.07. The maximum Gasteiger partial charge on any atom is 0.143 e. The Balaban J connectivity index is 3.88. The molecule has 0 spiro atoms. The van der Waals surface area contributed by atoms with Gasteiger partial charge in [-0.15, -0.1) is 6.58 Å². The van der Waals surface area contributed by atoms with Crippen molar-refractivity contribution in [1.82, 2.24) is 0 Å². The molecule has 0 N–H and O–H groups in total. The minimum absolute atomic E-state index is 0.00870. The molecular weight excluding hydrogens is 136 g/mol. The molecule has 62 valence electrons. The van der Waals surface area contributed by atoms with E-state index < -0.39 is 0 Å². The Kier molecular flexibility index (Phi) is 4.51. The number of hydrogen-bond donors (Lipinski definition) is 0. The van der Waals surface area contributed by atoms with Crippen molar-refractivity contribution < 1.29 is 4.79 Å². The van der Waals surface area contributed by atoms with E-state index in [9.17, 15) is 4.79 Å². The standard InChI is InChI=1S/C10H16O/c1-5-9(4)10(11)7-6-8(2)3/h5-6,9H,1,7H2,2-4H3/t9-/m0/s1. The van der Waals surface area contributed by atoms with Gasteiger partial charge in [-0.25, -0.2) is 0 Å². The highest BCUT2D eigenvalue weighted by Crippen LogP contribution is 2.03. The lowest BCUT2D eigenvalue weighted by Crippen LogP contribution is -2.06. The third kappa shape index (κ3) is 4.54. The maximum absolute atomic E-state index is 11.2. The molecule has 0 aromatic heterocycles. The molecule has 0 aliphatic heterocycles. The molecule has 0 aliphatic rings. The van der Waals surface area contributed by atoms with Crippen molar-refractivity contribution >= 4 is 5.78 Å². The van der Waals surface area contributed by atoms with Gasteiger partial charge in [0, 0.05) is 12.3 Å². The quantitative estimate of drug-likeness (QED) is 0.566. The van der Waals surface area contributed by atoms with Crippen molar-refractivity contribution in [2.75, 3.05) is 0 Å². The van der Waals surface area contributed by atoms with Gasteiger partial charge in [0.1, 0.15) is 5.78 Å². The smallest absolute Gasteiger partial charge is 0.143 e. The molecule has 0 aromatic rings. The van der Waals surface area contributed by atoms with Crippen LogP contribution in [0.15, 0.2) is 24.3 Å². The molecule has 0 aliphatic carbocycles. The Morgan fingerprint density at radius 2 is 2.09 bits per heavy atom. The molecule has 1 heteroatoms. The first-order valence-electron chi connectivity index (χ1n) is 3.86. The fourth-order valence-electron chi connectivity index (χ4n) is 0.622. The van der Waals surface area contributed by atoms with Crippen LogP contribution in [-0.2, 0) is 4.79 Å². The predicted molar refractivity (Wildman–Crippen MR) is 48.4 cm³/mol. The summed E-state index contributed by atoms with van der Waals surface area (Å²) in [5.41, 5.74) is 1.19. The second-order valence-corrected chi connectivity index (χ2v) is 2.98. The first-order valence-corrected chi connectivity index (χ1v) is 3.86. The summed E-state index contributed by atoms with van der Waals surface area (Å²) in [5, 5.41) is 0. The largest absolute Gasteiger partial charge is 0.299 e. The number of rotatable bonds is 4. The van der Waals surface area contributed by atoms with E-state index in [0.717, 1.165) is 0 Å². The molecule has 0 fully saturated rings.